The van der Waals surface area contributed by atoms with Crippen LogP contribution in [0.3, 0.4) is 0 Å². The number of carbonyl (C=O) groups is 1. The number of nitrogens with zero attached hydrogens (tertiary/aromatic N) is 3. The number of amides is 1. The lowest BCUT2D eigenvalue weighted by molar-refractivity contribution is 0.0157. The fourth-order valence-corrected chi connectivity index (χ4v) is 3.04. The number of hydrogen-bond acceptors (Lipinski definition) is 5. The van der Waals surface area contributed by atoms with Crippen LogP contribution in [0.2, 0.25) is 0 Å². The monoisotopic (exact) mass is 361 g/mol. The topological polar surface area (TPSA) is 66.2 Å². The van der Waals surface area contributed by atoms with Crippen molar-refractivity contribution in [1.29, 1.82) is 5.26 Å². The quantitative estimate of drug-likeness (QED) is 0.766. The molecule has 0 saturated carbocycles. The molecular weight excluding hydrogens is 348 g/mol. The smallest absolute Gasteiger partial charge is 0.288 e. The van der Waals surface area contributed by atoms with Gasteiger partial charge in [0.05, 0.1) is 30.3 Å². The van der Waals surface area contributed by atoms with Crippen LogP contribution < -0.4 is 4.74 Å². The molecule has 3 rings (SSSR count). The van der Waals surface area contributed by atoms with Gasteiger partial charge in [-0.05, 0) is 18.2 Å². The van der Waals surface area contributed by atoms with Crippen molar-refractivity contribution in [3.05, 3.63) is 53.7 Å². The van der Waals surface area contributed by atoms with Crippen LogP contribution >= 0.6 is 11.8 Å². The zero-order chi connectivity index (χ0) is 17.8. The van der Waals surface area contributed by atoms with Crippen molar-refractivity contribution >= 4 is 17.7 Å². The lowest BCUT2D eigenvalue weighted by atomic mass is 10.1. The first kappa shape index (κ1) is 17.2. The molecule has 5 nitrogen and oxygen atoms in total. The average Bonchev–Trinajstić information content (AvgIpc) is 2.57. The number of alkyl halides is 2. The number of ether oxygens (including phenoxy) is 1. The van der Waals surface area contributed by atoms with E-state index in [1.165, 1.54) is 23.2 Å². The van der Waals surface area contributed by atoms with E-state index >= 15 is 0 Å². The van der Waals surface area contributed by atoms with E-state index in [0.29, 0.717) is 36.3 Å². The first-order valence-corrected chi connectivity index (χ1v) is 8.30. The van der Waals surface area contributed by atoms with E-state index < -0.39 is 5.76 Å². The van der Waals surface area contributed by atoms with E-state index in [1.54, 1.807) is 24.3 Å². The van der Waals surface area contributed by atoms with E-state index in [4.69, 9.17) is 10.00 Å². The Hall–Kier alpha value is -2.66. The van der Waals surface area contributed by atoms with Gasteiger partial charge >= 0.3 is 0 Å². The molecule has 8 heteroatoms. The van der Waals surface area contributed by atoms with E-state index in [2.05, 4.69) is 4.98 Å². The molecule has 0 radical (unpaired) electrons. The maximum Gasteiger partial charge on any atom is 0.288 e. The van der Waals surface area contributed by atoms with Crippen molar-refractivity contribution in [1.82, 2.24) is 9.88 Å². The zero-order valence-electron chi connectivity index (χ0n) is 12.9. The number of halogens is 2. The van der Waals surface area contributed by atoms with Gasteiger partial charge in [-0.2, -0.15) is 14.0 Å². The lowest BCUT2D eigenvalue weighted by Crippen LogP contribution is -2.56. The summed E-state index contributed by atoms with van der Waals surface area (Å²) in [5, 5.41) is 8.86. The third-order valence-corrected chi connectivity index (χ3v) is 4.41. The standard InChI is InChI=1S/C17H13F2N3O2S/c18-17(19)25-14-4-2-1-3-13(14)16(23)22-9-12(10-22)24-15-7-11(8-20)5-6-21-15/h1-7,12,17H,9-10H2. The summed E-state index contributed by atoms with van der Waals surface area (Å²) in [6, 6.07) is 11.4. The summed E-state index contributed by atoms with van der Waals surface area (Å²) in [6.45, 7) is 0.677. The number of nitriles is 1. The Labute approximate surface area is 147 Å². The predicted octanol–water partition coefficient (Wildman–Crippen LogP) is 3.17. The average molecular weight is 361 g/mol. The molecule has 2 aromatic rings. The van der Waals surface area contributed by atoms with Gasteiger partial charge in [-0.1, -0.05) is 23.9 Å². The molecule has 0 spiro atoms. The molecule has 2 heterocycles. The molecule has 1 aromatic carbocycles. The van der Waals surface area contributed by atoms with Crippen LogP contribution in [0.25, 0.3) is 0 Å². The number of likely N-dealkylation sites (tertiary alicyclic amines) is 1. The Balaban J connectivity index is 1.61. The van der Waals surface area contributed by atoms with Crippen molar-refractivity contribution < 1.29 is 18.3 Å². The maximum absolute atomic E-state index is 12.6. The second kappa shape index (κ2) is 7.49. The highest BCUT2D eigenvalue weighted by Crippen LogP contribution is 2.30. The van der Waals surface area contributed by atoms with Crippen LogP contribution in [-0.2, 0) is 0 Å². The minimum atomic E-state index is -2.58. The maximum atomic E-state index is 12.6. The van der Waals surface area contributed by atoms with Crippen LogP contribution in [0.15, 0.2) is 47.5 Å². The van der Waals surface area contributed by atoms with Crippen molar-refractivity contribution in [2.45, 2.75) is 16.8 Å². The third-order valence-electron chi connectivity index (χ3n) is 3.62. The highest BCUT2D eigenvalue weighted by atomic mass is 32.2. The number of pyridine rings is 1. The molecule has 128 valence electrons. The molecule has 0 atom stereocenters. The minimum Gasteiger partial charge on any atom is -0.471 e. The molecule has 0 N–H and O–H groups in total. The molecule has 1 saturated heterocycles. The summed E-state index contributed by atoms with van der Waals surface area (Å²) >= 11 is 0.360. The predicted molar refractivity (Wildman–Crippen MR) is 87.6 cm³/mol. The van der Waals surface area contributed by atoms with Crippen molar-refractivity contribution in [2.75, 3.05) is 13.1 Å². The summed E-state index contributed by atoms with van der Waals surface area (Å²) in [4.78, 5) is 18.3. The van der Waals surface area contributed by atoms with E-state index in [9.17, 15) is 13.6 Å². The number of hydrogen-bond donors (Lipinski definition) is 0. The Morgan fingerprint density at radius 3 is 2.84 bits per heavy atom. The number of carbonyl (C=O) groups excluding carboxylic acids is 1. The highest BCUT2D eigenvalue weighted by molar-refractivity contribution is 7.99. The molecule has 1 aliphatic heterocycles. The van der Waals surface area contributed by atoms with Gasteiger partial charge in [0.1, 0.15) is 6.10 Å². The molecule has 1 aromatic heterocycles. The van der Waals surface area contributed by atoms with Crippen LogP contribution in [0.1, 0.15) is 15.9 Å². The summed E-state index contributed by atoms with van der Waals surface area (Å²) < 4.78 is 30.9. The van der Waals surface area contributed by atoms with E-state index in [-0.39, 0.29) is 22.5 Å². The summed E-state index contributed by atoms with van der Waals surface area (Å²) in [6.07, 6.45) is 1.24. The van der Waals surface area contributed by atoms with Gasteiger partial charge in [-0.3, -0.25) is 4.79 Å². The van der Waals surface area contributed by atoms with E-state index in [1.807, 2.05) is 6.07 Å². The van der Waals surface area contributed by atoms with Crippen LogP contribution in [0.5, 0.6) is 5.88 Å². The highest BCUT2D eigenvalue weighted by Gasteiger charge is 2.34. The molecule has 0 unspecified atom stereocenters. The summed E-state index contributed by atoms with van der Waals surface area (Å²) in [7, 11) is 0. The molecule has 1 amide bonds. The third kappa shape index (κ3) is 4.06. The van der Waals surface area contributed by atoms with Gasteiger partial charge in [0.2, 0.25) is 5.88 Å². The number of thioether (sulfide) groups is 1. The molecular formula is C17H13F2N3O2S. The van der Waals surface area contributed by atoms with Gasteiger partial charge in [0.25, 0.3) is 11.7 Å². The van der Waals surface area contributed by atoms with Gasteiger partial charge in [-0.15, -0.1) is 0 Å². The second-order valence-electron chi connectivity index (χ2n) is 5.32. The Morgan fingerprint density at radius 2 is 2.12 bits per heavy atom. The fourth-order valence-electron chi connectivity index (χ4n) is 2.41. The molecule has 0 aliphatic carbocycles. The normalized spacial score (nSPS) is 14.1. The largest absolute Gasteiger partial charge is 0.471 e. The second-order valence-corrected chi connectivity index (χ2v) is 6.35. The first-order valence-electron chi connectivity index (χ1n) is 7.42. The number of benzene rings is 1. The van der Waals surface area contributed by atoms with Gasteiger partial charge in [0.15, 0.2) is 0 Å². The lowest BCUT2D eigenvalue weighted by Gasteiger charge is -2.38. The molecule has 1 fully saturated rings. The summed E-state index contributed by atoms with van der Waals surface area (Å²) in [5.74, 6) is -2.56. The van der Waals surface area contributed by atoms with Gasteiger partial charge in [-0.25, -0.2) is 4.98 Å². The fraction of sp³-hybridized carbons (Fsp3) is 0.235. The molecule has 1 aliphatic rings. The van der Waals surface area contributed by atoms with Crippen LogP contribution in [0.4, 0.5) is 8.78 Å². The zero-order valence-corrected chi connectivity index (χ0v) is 13.7. The van der Waals surface area contributed by atoms with Crippen LogP contribution in [-0.4, -0.2) is 40.7 Å². The summed E-state index contributed by atoms with van der Waals surface area (Å²) in [5.41, 5.74) is 0.700. The van der Waals surface area contributed by atoms with Crippen LogP contribution in [0, 0.1) is 11.3 Å². The molecule has 25 heavy (non-hydrogen) atoms. The Morgan fingerprint density at radius 1 is 1.36 bits per heavy atom. The van der Waals surface area contributed by atoms with Crippen molar-refractivity contribution in [2.24, 2.45) is 0 Å². The number of rotatable bonds is 5. The SMILES string of the molecule is N#Cc1ccnc(OC2CN(C(=O)c3ccccc3SC(F)F)C2)c1. The van der Waals surface area contributed by atoms with Gasteiger partial charge < -0.3 is 9.64 Å². The molecule has 0 bridgehead atoms. The van der Waals surface area contributed by atoms with Gasteiger partial charge in [0, 0.05) is 17.2 Å². The number of aromatic nitrogens is 1. The Kier molecular flexibility index (Phi) is 5.14. The Bertz CT molecular complexity index is 820. The van der Waals surface area contributed by atoms with Crippen molar-refractivity contribution in [3.63, 3.8) is 0 Å². The minimum absolute atomic E-state index is 0.236. The van der Waals surface area contributed by atoms with Crippen molar-refractivity contribution in [3.8, 4) is 11.9 Å². The first-order chi connectivity index (χ1) is 12.1. The van der Waals surface area contributed by atoms with E-state index in [0.717, 1.165) is 0 Å².